The third kappa shape index (κ3) is 5.34. The molecule has 0 saturated carbocycles. The molecular formula is C20H18N4O3S. The van der Waals surface area contributed by atoms with Crippen molar-refractivity contribution in [1.82, 2.24) is 10.2 Å². The molecule has 3 aromatic rings. The highest BCUT2D eigenvalue weighted by molar-refractivity contribution is 7.99. The summed E-state index contributed by atoms with van der Waals surface area (Å²) in [6.07, 6.45) is 0.795. The molecule has 0 radical (unpaired) electrons. The van der Waals surface area contributed by atoms with Crippen LogP contribution in [0.15, 0.2) is 58.2 Å². The molecule has 1 amide bonds. The van der Waals surface area contributed by atoms with Crippen molar-refractivity contribution in [2.75, 3.05) is 18.2 Å². The molecule has 142 valence electrons. The van der Waals surface area contributed by atoms with Gasteiger partial charge in [-0.05, 0) is 29.8 Å². The van der Waals surface area contributed by atoms with E-state index >= 15 is 0 Å². The van der Waals surface area contributed by atoms with E-state index in [-0.39, 0.29) is 12.3 Å². The molecule has 0 spiro atoms. The van der Waals surface area contributed by atoms with Gasteiger partial charge in [-0.15, -0.1) is 10.2 Å². The molecule has 28 heavy (non-hydrogen) atoms. The first-order valence-electron chi connectivity index (χ1n) is 8.55. The molecule has 1 N–H and O–H groups in total. The minimum atomic E-state index is -0.173. The summed E-state index contributed by atoms with van der Waals surface area (Å²) >= 11 is 1.32. The zero-order valence-corrected chi connectivity index (χ0v) is 16.0. The first-order chi connectivity index (χ1) is 13.7. The fraction of sp³-hybridized carbons (Fsp3) is 0.200. The fourth-order valence-electron chi connectivity index (χ4n) is 2.42. The lowest BCUT2D eigenvalue weighted by Crippen LogP contribution is -2.13. The molecule has 0 fully saturated rings. The Balaban J connectivity index is 1.46. The Morgan fingerprint density at radius 1 is 1.21 bits per heavy atom. The van der Waals surface area contributed by atoms with Crippen molar-refractivity contribution in [1.29, 1.82) is 5.26 Å². The number of nitrogens with one attached hydrogen (secondary N) is 1. The number of carbonyl (C=O) groups excluding carboxylic acids is 1. The lowest BCUT2D eigenvalue weighted by Gasteiger charge is -2.05. The molecule has 0 bridgehead atoms. The number of ether oxygens (including phenoxy) is 1. The number of nitriles is 1. The predicted octanol–water partition coefficient (Wildman–Crippen LogP) is 3.66. The summed E-state index contributed by atoms with van der Waals surface area (Å²) in [7, 11) is 1.62. The Morgan fingerprint density at radius 2 is 2.00 bits per heavy atom. The van der Waals surface area contributed by atoms with Crippen LogP contribution in [-0.2, 0) is 11.2 Å². The van der Waals surface area contributed by atoms with Crippen molar-refractivity contribution >= 4 is 23.4 Å². The van der Waals surface area contributed by atoms with Gasteiger partial charge in [-0.25, -0.2) is 0 Å². The summed E-state index contributed by atoms with van der Waals surface area (Å²) in [5.74, 6) is 1.62. The number of amides is 1. The van der Waals surface area contributed by atoms with E-state index in [1.165, 1.54) is 11.8 Å². The molecule has 0 saturated heterocycles. The van der Waals surface area contributed by atoms with Gasteiger partial charge in [-0.3, -0.25) is 4.79 Å². The third-order valence-corrected chi connectivity index (χ3v) is 4.66. The number of hydrogen-bond acceptors (Lipinski definition) is 7. The topological polar surface area (TPSA) is 101 Å². The monoisotopic (exact) mass is 394 g/mol. The lowest BCUT2D eigenvalue weighted by molar-refractivity contribution is -0.115. The van der Waals surface area contributed by atoms with Crippen LogP contribution in [0.5, 0.6) is 5.75 Å². The van der Waals surface area contributed by atoms with E-state index in [9.17, 15) is 4.79 Å². The Hall–Kier alpha value is -3.31. The summed E-state index contributed by atoms with van der Waals surface area (Å²) in [6, 6.07) is 16.6. The lowest BCUT2D eigenvalue weighted by atomic mass is 10.1. The molecule has 3 rings (SSSR count). The van der Waals surface area contributed by atoms with Gasteiger partial charge in [-0.2, -0.15) is 5.26 Å². The Kier molecular flexibility index (Phi) is 6.65. The van der Waals surface area contributed by atoms with E-state index in [0.717, 1.165) is 11.3 Å². The molecule has 7 nitrogen and oxygen atoms in total. The van der Waals surface area contributed by atoms with Crippen LogP contribution in [0.4, 0.5) is 5.69 Å². The maximum Gasteiger partial charge on any atom is 0.276 e. The first-order valence-corrected chi connectivity index (χ1v) is 9.53. The van der Waals surface area contributed by atoms with Crippen LogP contribution in [0.3, 0.4) is 0 Å². The van der Waals surface area contributed by atoms with Gasteiger partial charge in [0.15, 0.2) is 0 Å². The van der Waals surface area contributed by atoms with Crippen molar-refractivity contribution in [2.45, 2.75) is 18.1 Å². The molecule has 0 atom stereocenters. The second-order valence-electron chi connectivity index (χ2n) is 5.79. The number of thioether (sulfide) groups is 1. The van der Waals surface area contributed by atoms with Crippen LogP contribution in [0.1, 0.15) is 23.4 Å². The molecule has 8 heteroatoms. The molecule has 0 aliphatic heterocycles. The van der Waals surface area contributed by atoms with Crippen LogP contribution in [-0.4, -0.2) is 29.0 Å². The zero-order chi connectivity index (χ0) is 19.8. The predicted molar refractivity (Wildman–Crippen MR) is 105 cm³/mol. The number of aromatic nitrogens is 2. The quantitative estimate of drug-likeness (QED) is 0.582. The first kappa shape index (κ1) is 19.5. The van der Waals surface area contributed by atoms with Gasteiger partial charge in [0, 0.05) is 12.2 Å². The minimum Gasteiger partial charge on any atom is -0.497 e. The van der Waals surface area contributed by atoms with Gasteiger partial charge in [0.05, 0.1) is 24.8 Å². The van der Waals surface area contributed by atoms with E-state index in [0.29, 0.717) is 34.5 Å². The molecule has 2 aromatic carbocycles. The highest BCUT2D eigenvalue weighted by Crippen LogP contribution is 2.20. The molecule has 1 heterocycles. The second kappa shape index (κ2) is 9.58. The van der Waals surface area contributed by atoms with Crippen molar-refractivity contribution in [3.63, 3.8) is 0 Å². The highest BCUT2D eigenvalue weighted by Gasteiger charge is 2.10. The SMILES string of the molecule is COc1ccc(Cc2nnc(SCCC(=O)Nc3ccccc3C#N)o2)cc1. The fourth-order valence-corrected chi connectivity index (χ4v) is 3.14. The van der Waals surface area contributed by atoms with E-state index in [4.69, 9.17) is 14.4 Å². The Bertz CT molecular complexity index is 980. The van der Waals surface area contributed by atoms with Gasteiger partial charge in [0.25, 0.3) is 5.22 Å². The number of carbonyl (C=O) groups is 1. The summed E-state index contributed by atoms with van der Waals surface area (Å²) < 4.78 is 10.7. The maximum absolute atomic E-state index is 12.1. The van der Waals surface area contributed by atoms with Crippen molar-refractivity contribution in [3.05, 3.63) is 65.5 Å². The Labute approximate surface area is 166 Å². The van der Waals surface area contributed by atoms with Crippen LogP contribution >= 0.6 is 11.8 Å². The van der Waals surface area contributed by atoms with E-state index in [1.807, 2.05) is 24.3 Å². The average Bonchev–Trinajstić information content (AvgIpc) is 3.16. The number of anilines is 1. The van der Waals surface area contributed by atoms with Gasteiger partial charge >= 0.3 is 0 Å². The number of nitrogens with zero attached hydrogens (tertiary/aromatic N) is 3. The van der Waals surface area contributed by atoms with Gasteiger partial charge in [-0.1, -0.05) is 36.0 Å². The van der Waals surface area contributed by atoms with Gasteiger partial charge in [0.2, 0.25) is 11.8 Å². The van der Waals surface area contributed by atoms with Crippen molar-refractivity contribution in [3.8, 4) is 11.8 Å². The molecule has 0 aliphatic carbocycles. The van der Waals surface area contributed by atoms with E-state index in [2.05, 4.69) is 21.6 Å². The summed E-state index contributed by atoms with van der Waals surface area (Å²) in [4.78, 5) is 12.1. The van der Waals surface area contributed by atoms with Crippen LogP contribution < -0.4 is 10.1 Å². The minimum absolute atomic E-state index is 0.173. The number of benzene rings is 2. The van der Waals surface area contributed by atoms with Gasteiger partial charge in [0.1, 0.15) is 11.8 Å². The summed E-state index contributed by atoms with van der Waals surface area (Å²) in [6.45, 7) is 0. The normalized spacial score (nSPS) is 10.3. The molecule has 0 aliphatic rings. The van der Waals surface area contributed by atoms with E-state index < -0.39 is 0 Å². The van der Waals surface area contributed by atoms with Crippen LogP contribution in [0.25, 0.3) is 0 Å². The molecule has 1 aromatic heterocycles. The third-order valence-electron chi connectivity index (χ3n) is 3.84. The van der Waals surface area contributed by atoms with Crippen molar-refractivity contribution < 1.29 is 13.9 Å². The van der Waals surface area contributed by atoms with Crippen molar-refractivity contribution in [2.24, 2.45) is 0 Å². The second-order valence-corrected chi connectivity index (χ2v) is 6.84. The van der Waals surface area contributed by atoms with Crippen LogP contribution in [0, 0.1) is 11.3 Å². The van der Waals surface area contributed by atoms with E-state index in [1.54, 1.807) is 31.4 Å². The average molecular weight is 394 g/mol. The highest BCUT2D eigenvalue weighted by atomic mass is 32.2. The Morgan fingerprint density at radius 3 is 2.75 bits per heavy atom. The summed E-state index contributed by atoms with van der Waals surface area (Å²) in [5, 5.41) is 20.3. The standard InChI is InChI=1S/C20H18N4O3S/c1-26-16-8-6-14(7-9-16)12-19-23-24-20(27-19)28-11-10-18(25)22-17-5-3-2-4-15(17)13-21/h2-9H,10-12H2,1H3,(H,22,25). The largest absolute Gasteiger partial charge is 0.497 e. The maximum atomic E-state index is 12.1. The smallest absolute Gasteiger partial charge is 0.276 e. The summed E-state index contributed by atoms with van der Waals surface area (Å²) in [5.41, 5.74) is 1.99. The number of hydrogen-bond donors (Lipinski definition) is 1. The van der Waals surface area contributed by atoms with Crippen LogP contribution in [0.2, 0.25) is 0 Å². The molecular weight excluding hydrogens is 376 g/mol. The number of para-hydroxylation sites is 1. The number of rotatable bonds is 8. The molecule has 0 unspecified atom stereocenters. The van der Waals surface area contributed by atoms with Gasteiger partial charge < -0.3 is 14.5 Å². The number of methoxy groups -OCH3 is 1. The zero-order valence-electron chi connectivity index (χ0n) is 15.2.